The molecule has 0 bridgehead atoms. The summed E-state index contributed by atoms with van der Waals surface area (Å²) in [6.45, 7) is 11.4. The summed E-state index contributed by atoms with van der Waals surface area (Å²) in [6, 6.07) is 12.0. The fourth-order valence-corrected chi connectivity index (χ4v) is 5.73. The molecule has 2 aromatic carbocycles. The molecule has 0 aliphatic carbocycles. The van der Waals surface area contributed by atoms with E-state index < -0.39 is 17.3 Å². The van der Waals surface area contributed by atoms with Gasteiger partial charge in [-0.25, -0.2) is 4.79 Å². The maximum Gasteiger partial charge on any atom is 0.416 e. The van der Waals surface area contributed by atoms with E-state index in [-0.39, 0.29) is 6.09 Å². The number of hydrogen-bond donors (Lipinski definition) is 1. The van der Waals surface area contributed by atoms with Crippen LogP contribution in [0.3, 0.4) is 0 Å². The Morgan fingerprint density at radius 1 is 1.02 bits per heavy atom. The maximum absolute atomic E-state index is 13.0. The number of nitrogens with zero attached hydrogens (tertiary/aromatic N) is 3. The molecule has 2 heterocycles. The summed E-state index contributed by atoms with van der Waals surface area (Å²) in [6.07, 6.45) is 2.99. The highest BCUT2D eigenvalue weighted by atomic mass is 32.2. The van der Waals surface area contributed by atoms with Gasteiger partial charge in [-0.1, -0.05) is 18.2 Å². The van der Waals surface area contributed by atoms with E-state index in [1.807, 2.05) is 26.8 Å². The third-order valence-electron chi connectivity index (χ3n) is 6.85. The molecule has 4 rings (SSSR count). The fraction of sp³-hybridized carbons (Fsp3) is 0.438. The second kappa shape index (κ2) is 13.7. The molecule has 10 heteroatoms. The molecule has 226 valence electrons. The topological polar surface area (TPSA) is 57.7 Å². The number of anilines is 2. The molecule has 1 aliphatic rings. The van der Waals surface area contributed by atoms with E-state index >= 15 is 0 Å². The minimum absolute atomic E-state index is 0.250. The highest BCUT2D eigenvalue weighted by Gasteiger charge is 2.30. The number of piperazine rings is 1. The SMILES string of the molecule is Cc1cc(NCC/C=C/CCSc2ccnc3cc(C(F)(F)F)ccc23)ccc1N1CCN(C(=O)OC(C)(C)C)CC1. The lowest BCUT2D eigenvalue weighted by molar-refractivity contribution is -0.137. The van der Waals surface area contributed by atoms with Crippen LogP contribution >= 0.6 is 11.8 Å². The first-order valence-corrected chi connectivity index (χ1v) is 15.2. The largest absolute Gasteiger partial charge is 0.444 e. The molecule has 6 nitrogen and oxygen atoms in total. The number of benzene rings is 2. The number of nitrogens with one attached hydrogen (secondary N) is 1. The summed E-state index contributed by atoms with van der Waals surface area (Å²) in [4.78, 5) is 21.5. The van der Waals surface area contributed by atoms with Crippen LogP contribution in [-0.2, 0) is 10.9 Å². The van der Waals surface area contributed by atoms with Crippen molar-refractivity contribution < 1.29 is 22.7 Å². The van der Waals surface area contributed by atoms with Crippen LogP contribution in [0.2, 0.25) is 0 Å². The molecule has 1 amide bonds. The molecule has 1 aromatic heterocycles. The molecule has 1 fully saturated rings. The van der Waals surface area contributed by atoms with Crippen molar-refractivity contribution in [3.8, 4) is 0 Å². The van der Waals surface area contributed by atoms with Gasteiger partial charge in [0.1, 0.15) is 5.60 Å². The number of hydrogen-bond acceptors (Lipinski definition) is 6. The number of alkyl halides is 3. The quantitative estimate of drug-likeness (QED) is 0.152. The minimum atomic E-state index is -4.37. The van der Waals surface area contributed by atoms with E-state index in [4.69, 9.17) is 4.74 Å². The molecule has 0 radical (unpaired) electrons. The average Bonchev–Trinajstić information content (AvgIpc) is 2.93. The van der Waals surface area contributed by atoms with Gasteiger partial charge in [-0.3, -0.25) is 4.98 Å². The second-order valence-corrected chi connectivity index (χ2v) is 12.5. The number of halogens is 3. The lowest BCUT2D eigenvalue weighted by Crippen LogP contribution is -2.50. The first-order chi connectivity index (χ1) is 19.9. The summed E-state index contributed by atoms with van der Waals surface area (Å²) in [5.74, 6) is 0.830. The summed E-state index contributed by atoms with van der Waals surface area (Å²) in [7, 11) is 0. The van der Waals surface area contributed by atoms with Gasteiger partial charge in [-0.05, 0) is 82.5 Å². The smallest absolute Gasteiger partial charge is 0.416 e. The summed E-state index contributed by atoms with van der Waals surface area (Å²) in [5, 5.41) is 4.22. The monoisotopic (exact) mass is 600 g/mol. The number of aryl methyl sites for hydroxylation is 1. The maximum atomic E-state index is 13.0. The van der Waals surface area contributed by atoms with Gasteiger partial charge in [0.25, 0.3) is 0 Å². The van der Waals surface area contributed by atoms with Crippen molar-refractivity contribution in [1.82, 2.24) is 9.88 Å². The van der Waals surface area contributed by atoms with E-state index in [9.17, 15) is 18.0 Å². The van der Waals surface area contributed by atoms with Gasteiger partial charge in [0.05, 0.1) is 11.1 Å². The first kappa shape index (κ1) is 31.5. The van der Waals surface area contributed by atoms with Crippen LogP contribution in [-0.4, -0.2) is 60.1 Å². The molecule has 0 saturated carbocycles. The molecule has 0 atom stereocenters. The van der Waals surface area contributed by atoms with Crippen molar-refractivity contribution in [3.63, 3.8) is 0 Å². The Labute approximate surface area is 250 Å². The van der Waals surface area contributed by atoms with Crippen molar-refractivity contribution >= 4 is 40.1 Å². The number of carbonyl (C=O) groups excluding carboxylic acids is 1. The molecule has 1 saturated heterocycles. The van der Waals surface area contributed by atoms with E-state index in [1.165, 1.54) is 17.3 Å². The van der Waals surface area contributed by atoms with E-state index in [0.717, 1.165) is 66.3 Å². The number of aromatic nitrogens is 1. The summed E-state index contributed by atoms with van der Waals surface area (Å²) < 4.78 is 44.5. The summed E-state index contributed by atoms with van der Waals surface area (Å²) in [5.41, 5.74) is 2.65. The van der Waals surface area contributed by atoms with Crippen LogP contribution in [0.5, 0.6) is 0 Å². The van der Waals surface area contributed by atoms with Crippen LogP contribution in [0.1, 0.15) is 44.7 Å². The summed E-state index contributed by atoms with van der Waals surface area (Å²) >= 11 is 1.62. The third kappa shape index (κ3) is 8.80. The zero-order valence-corrected chi connectivity index (χ0v) is 25.4. The highest BCUT2D eigenvalue weighted by molar-refractivity contribution is 7.99. The first-order valence-electron chi connectivity index (χ1n) is 14.2. The number of amides is 1. The molecule has 0 spiro atoms. The van der Waals surface area contributed by atoms with Crippen LogP contribution in [0.25, 0.3) is 10.9 Å². The second-order valence-electron chi connectivity index (χ2n) is 11.3. The Balaban J connectivity index is 1.17. The van der Waals surface area contributed by atoms with Gasteiger partial charge in [-0.2, -0.15) is 13.2 Å². The van der Waals surface area contributed by atoms with Crippen molar-refractivity contribution in [2.45, 2.75) is 57.2 Å². The Kier molecular flexibility index (Phi) is 10.3. The van der Waals surface area contributed by atoms with Crippen LogP contribution in [0.4, 0.5) is 29.3 Å². The standard InChI is InChI=1S/C32H39F3N4O2S/c1-23-21-25(10-12-28(23)38-16-18-39(19-17-38)30(40)41-31(2,3)4)36-14-7-5-6-8-20-42-29-13-15-37-27-22-24(32(33,34)35)9-11-26(27)29/h5-6,9-13,15,21-22,36H,7-8,14,16-20H2,1-4H3/b6-5+. The van der Waals surface area contributed by atoms with Crippen molar-refractivity contribution in [3.05, 3.63) is 71.9 Å². The van der Waals surface area contributed by atoms with Gasteiger partial charge < -0.3 is 19.9 Å². The van der Waals surface area contributed by atoms with Crippen molar-refractivity contribution in [2.75, 3.05) is 48.7 Å². The zero-order valence-electron chi connectivity index (χ0n) is 24.6. The van der Waals surface area contributed by atoms with Crippen molar-refractivity contribution in [2.24, 2.45) is 0 Å². The van der Waals surface area contributed by atoms with Crippen molar-refractivity contribution in [1.29, 1.82) is 0 Å². The fourth-order valence-electron chi connectivity index (χ4n) is 4.77. The number of thioether (sulfide) groups is 1. The Morgan fingerprint density at radius 2 is 1.76 bits per heavy atom. The molecular formula is C32H39F3N4O2S. The number of rotatable bonds is 9. The number of fused-ring (bicyclic) bond motifs is 1. The predicted molar refractivity (Wildman–Crippen MR) is 166 cm³/mol. The number of allylic oxidation sites excluding steroid dienone is 1. The van der Waals surface area contributed by atoms with Gasteiger partial charge in [-0.15, -0.1) is 11.8 Å². The van der Waals surface area contributed by atoms with Gasteiger partial charge in [0.15, 0.2) is 0 Å². The molecule has 42 heavy (non-hydrogen) atoms. The lowest BCUT2D eigenvalue weighted by atomic mass is 10.1. The number of carbonyl (C=O) groups is 1. The Morgan fingerprint density at radius 3 is 2.45 bits per heavy atom. The number of pyridine rings is 1. The lowest BCUT2D eigenvalue weighted by Gasteiger charge is -2.37. The Hall–Kier alpha value is -3.40. The average molecular weight is 601 g/mol. The molecule has 1 aliphatic heterocycles. The van der Waals surface area contributed by atoms with E-state index in [0.29, 0.717) is 18.6 Å². The van der Waals surface area contributed by atoms with Gasteiger partial charge in [0.2, 0.25) is 0 Å². The van der Waals surface area contributed by atoms with Crippen LogP contribution < -0.4 is 10.2 Å². The van der Waals surface area contributed by atoms with Gasteiger partial charge in [0, 0.05) is 66.3 Å². The third-order valence-corrected chi connectivity index (χ3v) is 7.95. The zero-order chi connectivity index (χ0) is 30.3. The highest BCUT2D eigenvalue weighted by Crippen LogP contribution is 2.34. The van der Waals surface area contributed by atoms with E-state index in [1.54, 1.807) is 22.9 Å². The van der Waals surface area contributed by atoms with Crippen LogP contribution in [0, 0.1) is 6.92 Å². The van der Waals surface area contributed by atoms with Gasteiger partial charge >= 0.3 is 12.3 Å². The Bertz CT molecular complexity index is 1400. The van der Waals surface area contributed by atoms with Crippen LogP contribution in [0.15, 0.2) is 65.7 Å². The minimum Gasteiger partial charge on any atom is -0.444 e. The molecule has 3 aromatic rings. The molecule has 0 unspecified atom stereocenters. The number of ether oxygens (including phenoxy) is 1. The normalized spacial score (nSPS) is 14.5. The molecule has 1 N–H and O–H groups in total. The predicted octanol–water partition coefficient (Wildman–Crippen LogP) is 8.16. The molecular weight excluding hydrogens is 561 g/mol. The van der Waals surface area contributed by atoms with E-state index in [2.05, 4.69) is 52.5 Å².